The molecule has 0 saturated carbocycles. The summed E-state index contributed by atoms with van der Waals surface area (Å²) < 4.78 is 27.1. The summed E-state index contributed by atoms with van der Waals surface area (Å²) in [7, 11) is -3.30. The topological polar surface area (TPSA) is 49.4 Å². The van der Waals surface area contributed by atoms with Crippen LogP contribution in [0.25, 0.3) is 0 Å². The van der Waals surface area contributed by atoms with E-state index in [-0.39, 0.29) is 0 Å². The lowest BCUT2D eigenvalue weighted by Crippen LogP contribution is -2.27. The third-order valence-corrected chi connectivity index (χ3v) is 7.09. The molecular formula is C11H17BrN2O2S2. The molecule has 1 fully saturated rings. The van der Waals surface area contributed by atoms with Crippen LogP contribution >= 0.6 is 27.3 Å². The zero-order chi connectivity index (χ0) is 13.2. The van der Waals surface area contributed by atoms with Crippen LogP contribution in [0.1, 0.15) is 24.6 Å². The van der Waals surface area contributed by atoms with E-state index in [9.17, 15) is 8.42 Å². The van der Waals surface area contributed by atoms with Gasteiger partial charge in [-0.05, 0) is 41.4 Å². The van der Waals surface area contributed by atoms with Gasteiger partial charge < -0.3 is 5.32 Å². The molecule has 4 nitrogen and oxygen atoms in total. The molecule has 0 amide bonds. The van der Waals surface area contributed by atoms with E-state index >= 15 is 0 Å². The van der Waals surface area contributed by atoms with Crippen LogP contribution < -0.4 is 5.32 Å². The van der Waals surface area contributed by atoms with Gasteiger partial charge in [0.05, 0.1) is 3.79 Å². The largest absolute Gasteiger partial charge is 0.312 e. The van der Waals surface area contributed by atoms with Crippen molar-refractivity contribution in [2.45, 2.75) is 31.2 Å². The summed E-state index contributed by atoms with van der Waals surface area (Å²) >= 11 is 4.87. The van der Waals surface area contributed by atoms with Crippen molar-refractivity contribution in [2.75, 3.05) is 19.6 Å². The Morgan fingerprint density at radius 1 is 1.44 bits per heavy atom. The molecule has 1 aromatic rings. The van der Waals surface area contributed by atoms with Crippen molar-refractivity contribution in [3.05, 3.63) is 14.7 Å². The minimum absolute atomic E-state index is 0.419. The van der Waals surface area contributed by atoms with Crippen LogP contribution in [0.15, 0.2) is 14.7 Å². The highest BCUT2D eigenvalue weighted by molar-refractivity contribution is 9.11. The molecule has 0 atom stereocenters. The second-order valence-electron chi connectivity index (χ2n) is 4.24. The highest BCUT2D eigenvalue weighted by atomic mass is 79.9. The molecule has 0 aromatic carbocycles. The molecule has 2 rings (SSSR count). The molecule has 0 spiro atoms. The molecule has 0 unspecified atom stereocenters. The van der Waals surface area contributed by atoms with Crippen molar-refractivity contribution in [1.29, 1.82) is 0 Å². The fraction of sp³-hybridized carbons (Fsp3) is 0.636. The van der Waals surface area contributed by atoms with E-state index in [1.54, 1.807) is 10.4 Å². The van der Waals surface area contributed by atoms with Gasteiger partial charge in [-0.15, -0.1) is 11.3 Å². The van der Waals surface area contributed by atoms with E-state index in [0.717, 1.165) is 30.8 Å². The van der Waals surface area contributed by atoms with E-state index < -0.39 is 10.0 Å². The van der Waals surface area contributed by atoms with Gasteiger partial charge in [-0.25, -0.2) is 8.42 Å². The monoisotopic (exact) mass is 352 g/mol. The average Bonchev–Trinajstić information content (AvgIpc) is 2.95. The lowest BCUT2D eigenvalue weighted by atomic mass is 10.4. The molecule has 0 radical (unpaired) electrons. The summed E-state index contributed by atoms with van der Waals surface area (Å²) in [5.41, 5.74) is 0. The van der Waals surface area contributed by atoms with Gasteiger partial charge in [0.2, 0.25) is 10.0 Å². The van der Waals surface area contributed by atoms with E-state index in [1.165, 1.54) is 11.3 Å². The normalized spacial score (nSPS) is 17.4. The van der Waals surface area contributed by atoms with Crippen molar-refractivity contribution in [2.24, 2.45) is 0 Å². The molecule has 1 N–H and O–H groups in total. The quantitative estimate of drug-likeness (QED) is 0.884. The molecular weight excluding hydrogens is 336 g/mol. The Morgan fingerprint density at radius 2 is 2.11 bits per heavy atom. The first kappa shape index (κ1) is 14.5. The van der Waals surface area contributed by atoms with Gasteiger partial charge in [0, 0.05) is 24.5 Å². The fourth-order valence-electron chi connectivity index (χ4n) is 1.98. The summed E-state index contributed by atoms with van der Waals surface area (Å²) in [5, 5.41) is 3.21. The number of sulfonamides is 1. The standard InChI is InChI=1S/C11H17BrN2O2S2/c1-2-13-8-9-7-10(11(12)17-9)18(15,16)14-5-3-4-6-14/h7,13H,2-6,8H2,1H3. The van der Waals surface area contributed by atoms with Crippen molar-refractivity contribution in [1.82, 2.24) is 9.62 Å². The van der Waals surface area contributed by atoms with Crippen LogP contribution in [-0.2, 0) is 16.6 Å². The molecule has 1 aliphatic rings. The lowest BCUT2D eigenvalue weighted by Gasteiger charge is -2.14. The van der Waals surface area contributed by atoms with Crippen molar-refractivity contribution in [3.8, 4) is 0 Å². The molecule has 102 valence electrons. The number of nitrogens with one attached hydrogen (secondary N) is 1. The summed E-state index contributed by atoms with van der Waals surface area (Å²) in [6.07, 6.45) is 1.93. The number of halogens is 1. The number of hydrogen-bond donors (Lipinski definition) is 1. The SMILES string of the molecule is CCNCc1cc(S(=O)(=O)N2CCCC2)c(Br)s1. The van der Waals surface area contributed by atoms with Crippen LogP contribution in [0.2, 0.25) is 0 Å². The van der Waals surface area contributed by atoms with Gasteiger partial charge in [0.15, 0.2) is 0 Å². The maximum atomic E-state index is 12.4. The molecule has 2 heterocycles. The summed E-state index contributed by atoms with van der Waals surface area (Å²) in [5.74, 6) is 0. The van der Waals surface area contributed by atoms with Crippen LogP contribution in [0.3, 0.4) is 0 Å². The zero-order valence-corrected chi connectivity index (χ0v) is 13.5. The first-order valence-electron chi connectivity index (χ1n) is 6.04. The number of thiophene rings is 1. The molecule has 0 aliphatic carbocycles. The number of rotatable bonds is 5. The average molecular weight is 353 g/mol. The van der Waals surface area contributed by atoms with Gasteiger partial charge in [0.25, 0.3) is 0 Å². The van der Waals surface area contributed by atoms with Crippen molar-refractivity contribution < 1.29 is 8.42 Å². The Balaban J connectivity index is 2.24. The van der Waals surface area contributed by atoms with Crippen LogP contribution in [0.5, 0.6) is 0 Å². The molecule has 0 bridgehead atoms. The van der Waals surface area contributed by atoms with Crippen LogP contribution in [-0.4, -0.2) is 32.4 Å². The van der Waals surface area contributed by atoms with Crippen LogP contribution in [0.4, 0.5) is 0 Å². The van der Waals surface area contributed by atoms with Gasteiger partial charge in [-0.3, -0.25) is 0 Å². The zero-order valence-electron chi connectivity index (χ0n) is 10.3. The van der Waals surface area contributed by atoms with Crippen LogP contribution in [0, 0.1) is 0 Å². The fourth-order valence-corrected chi connectivity index (χ4v) is 6.10. The number of hydrogen-bond acceptors (Lipinski definition) is 4. The molecule has 7 heteroatoms. The summed E-state index contributed by atoms with van der Waals surface area (Å²) in [6.45, 7) is 4.92. The first-order valence-corrected chi connectivity index (χ1v) is 9.09. The second kappa shape index (κ2) is 6.00. The van der Waals surface area contributed by atoms with E-state index in [1.807, 2.05) is 6.92 Å². The molecule has 1 aromatic heterocycles. The third kappa shape index (κ3) is 2.96. The Morgan fingerprint density at radius 3 is 2.72 bits per heavy atom. The minimum atomic E-state index is -3.30. The van der Waals surface area contributed by atoms with Crippen molar-refractivity contribution in [3.63, 3.8) is 0 Å². The highest BCUT2D eigenvalue weighted by Gasteiger charge is 2.30. The predicted octanol–water partition coefficient (Wildman–Crippen LogP) is 2.40. The van der Waals surface area contributed by atoms with Gasteiger partial charge in [0.1, 0.15) is 4.90 Å². The Labute approximate surface area is 121 Å². The Hall–Kier alpha value is 0.0500. The van der Waals surface area contributed by atoms with E-state index in [4.69, 9.17) is 0 Å². The molecule has 1 saturated heterocycles. The van der Waals surface area contributed by atoms with Gasteiger partial charge in [-0.2, -0.15) is 4.31 Å². The second-order valence-corrected chi connectivity index (χ2v) is 8.60. The third-order valence-electron chi connectivity index (χ3n) is 2.94. The summed E-state index contributed by atoms with van der Waals surface area (Å²) in [6, 6.07) is 1.78. The van der Waals surface area contributed by atoms with Gasteiger partial charge >= 0.3 is 0 Å². The molecule has 18 heavy (non-hydrogen) atoms. The number of nitrogens with zero attached hydrogens (tertiary/aromatic N) is 1. The maximum absolute atomic E-state index is 12.4. The maximum Gasteiger partial charge on any atom is 0.245 e. The molecule has 1 aliphatic heterocycles. The van der Waals surface area contributed by atoms with Crippen molar-refractivity contribution >= 4 is 37.3 Å². The van der Waals surface area contributed by atoms with Gasteiger partial charge in [-0.1, -0.05) is 6.92 Å². The first-order chi connectivity index (χ1) is 8.55. The summed E-state index contributed by atoms with van der Waals surface area (Å²) in [4.78, 5) is 1.46. The lowest BCUT2D eigenvalue weighted by molar-refractivity contribution is 0.477. The smallest absolute Gasteiger partial charge is 0.245 e. The predicted molar refractivity (Wildman–Crippen MR) is 77.4 cm³/mol. The van der Waals surface area contributed by atoms with E-state index in [2.05, 4.69) is 21.2 Å². The Bertz CT molecular complexity index is 507. The Kier molecular flexibility index (Phi) is 4.82. The minimum Gasteiger partial charge on any atom is -0.312 e. The highest BCUT2D eigenvalue weighted by Crippen LogP contribution is 2.34. The van der Waals surface area contributed by atoms with E-state index in [0.29, 0.717) is 21.8 Å².